The zero-order valence-corrected chi connectivity index (χ0v) is 20.6. The fraction of sp³-hybridized carbons (Fsp3) is 0.826. The molecule has 0 radical (unpaired) electrons. The molecule has 2 atom stereocenters. The number of rotatable bonds is 13. The van der Waals surface area contributed by atoms with Crippen molar-refractivity contribution in [2.75, 3.05) is 47.6 Å². The molecule has 0 aromatic carbocycles. The van der Waals surface area contributed by atoms with Gasteiger partial charge in [0, 0.05) is 27.5 Å². The predicted molar refractivity (Wildman–Crippen MR) is 118 cm³/mol. The van der Waals surface area contributed by atoms with Gasteiger partial charge in [0.25, 0.3) is 0 Å². The quantitative estimate of drug-likeness (QED) is 0.248. The molecule has 176 valence electrons. The average Bonchev–Trinajstić information content (AvgIpc) is 2.66. The Balaban J connectivity index is 6.14. The number of hydrogen-bond donors (Lipinski definition) is 0. The van der Waals surface area contributed by atoms with Crippen molar-refractivity contribution in [2.24, 2.45) is 16.2 Å². The van der Waals surface area contributed by atoms with E-state index >= 15 is 0 Å². The molecule has 0 aromatic rings. The maximum atomic E-state index is 13.2. The van der Waals surface area contributed by atoms with Crippen LogP contribution in [0, 0.1) is 34.1 Å². The van der Waals surface area contributed by atoms with E-state index in [1.165, 1.54) is 7.11 Å². The lowest BCUT2D eigenvalue weighted by Crippen LogP contribution is -2.51. The summed E-state index contributed by atoms with van der Waals surface area (Å²) in [5.74, 6) is -1.07. The van der Waals surface area contributed by atoms with Gasteiger partial charge in [-0.1, -0.05) is 0 Å². The zero-order chi connectivity index (χ0) is 24.5. The van der Waals surface area contributed by atoms with Gasteiger partial charge in [-0.3, -0.25) is 9.59 Å². The third-order valence-electron chi connectivity index (χ3n) is 5.74. The summed E-state index contributed by atoms with van der Waals surface area (Å²) in [7, 11) is 5.25. The summed E-state index contributed by atoms with van der Waals surface area (Å²) in [6.07, 6.45) is 0.180. The molecule has 8 nitrogen and oxygen atoms in total. The summed E-state index contributed by atoms with van der Waals surface area (Å²) in [5, 5.41) is 9.58. The number of esters is 2. The molecule has 0 fully saturated rings. The van der Waals surface area contributed by atoms with Crippen LogP contribution in [-0.2, 0) is 23.8 Å². The topological polar surface area (TPSA) is 93.2 Å². The number of likely N-dealkylation sites (N-methyl/N-ethyl adjacent to an activating group) is 1. The highest BCUT2D eigenvalue weighted by Gasteiger charge is 2.59. The van der Waals surface area contributed by atoms with E-state index in [4.69, 9.17) is 20.8 Å². The van der Waals surface area contributed by atoms with Crippen LogP contribution in [0.5, 0.6) is 0 Å². The van der Waals surface area contributed by atoms with Gasteiger partial charge in [-0.2, -0.15) is 5.26 Å². The van der Waals surface area contributed by atoms with E-state index in [-0.39, 0.29) is 32.7 Å². The van der Waals surface area contributed by atoms with Crippen molar-refractivity contribution >= 4 is 11.9 Å². The van der Waals surface area contributed by atoms with Crippen molar-refractivity contribution in [1.82, 2.24) is 4.90 Å². The molecule has 0 heterocycles. The third-order valence-corrected chi connectivity index (χ3v) is 5.74. The molecule has 0 amide bonds. The first-order valence-electron chi connectivity index (χ1n) is 10.4. The van der Waals surface area contributed by atoms with Crippen molar-refractivity contribution < 1.29 is 23.8 Å². The van der Waals surface area contributed by atoms with E-state index in [2.05, 4.69) is 10.9 Å². The molecular weight excluding hydrogens is 398 g/mol. The van der Waals surface area contributed by atoms with Crippen LogP contribution in [-0.4, -0.2) is 69.9 Å². The van der Waals surface area contributed by atoms with Gasteiger partial charge in [0.15, 0.2) is 0 Å². The van der Waals surface area contributed by atoms with E-state index in [0.29, 0.717) is 6.54 Å². The normalized spacial score (nSPS) is 15.9. The molecule has 0 N–H and O–H groups in total. The molecule has 0 aliphatic heterocycles. The number of nitrogens with zero attached hydrogens (tertiary/aromatic N) is 3. The lowest BCUT2D eigenvalue weighted by molar-refractivity contribution is -0.168. The minimum Gasteiger partial charge on any atom is -0.464 e. The van der Waals surface area contributed by atoms with Crippen LogP contribution < -0.4 is 0 Å². The van der Waals surface area contributed by atoms with E-state index < -0.39 is 33.7 Å². The Labute approximate surface area is 187 Å². The number of carbonyl (C=O) groups is 2. The number of hydrogen-bond acceptors (Lipinski definition) is 7. The first kappa shape index (κ1) is 28.8. The molecule has 0 aliphatic carbocycles. The number of nitriles is 1. The summed E-state index contributed by atoms with van der Waals surface area (Å²) >= 11 is 0. The highest BCUT2D eigenvalue weighted by Crippen LogP contribution is 2.49. The van der Waals surface area contributed by atoms with Gasteiger partial charge < -0.3 is 24.0 Å². The van der Waals surface area contributed by atoms with E-state index in [9.17, 15) is 14.9 Å². The van der Waals surface area contributed by atoms with Crippen molar-refractivity contribution in [3.8, 4) is 6.07 Å². The van der Waals surface area contributed by atoms with Crippen LogP contribution in [0.3, 0.4) is 0 Å². The maximum absolute atomic E-state index is 13.2. The van der Waals surface area contributed by atoms with Gasteiger partial charge in [0.05, 0.1) is 23.5 Å². The Hall–Kier alpha value is -2.16. The van der Waals surface area contributed by atoms with E-state index in [1.54, 1.807) is 41.5 Å². The molecule has 0 rings (SSSR count). The van der Waals surface area contributed by atoms with Crippen LogP contribution in [0.2, 0.25) is 0 Å². The Kier molecular flexibility index (Phi) is 10.7. The summed E-state index contributed by atoms with van der Waals surface area (Å²) in [6.45, 7) is 18.8. The number of carbonyl (C=O) groups excluding carboxylic acids is 2. The summed E-state index contributed by atoms with van der Waals surface area (Å²) in [4.78, 5) is 31.9. The molecule has 0 spiro atoms. The molecule has 2 unspecified atom stereocenters. The standard InChI is InChI=1S/C23H39N3O5/c1-20(2,17-24)15-22(5,18(27)30-12-11-26(8)9)16-23(6,21(3,4)25-7)19(28)31-14-13-29-10/h11-16H2,1-6,8-10H3. The van der Waals surface area contributed by atoms with Crippen molar-refractivity contribution in [2.45, 2.75) is 59.9 Å². The average molecular weight is 438 g/mol. The lowest BCUT2D eigenvalue weighted by Gasteiger charge is -2.41. The SMILES string of the molecule is [C-]#[N+]C(C)(C)C(C)(CC(C)(CC(C)(C)C#N)C(=O)OCCN(C)C)C(=O)OCCOC. The third kappa shape index (κ3) is 8.12. The molecule has 8 heteroatoms. The monoisotopic (exact) mass is 437 g/mol. The number of methoxy groups -OCH3 is 1. The number of ether oxygens (including phenoxy) is 3. The largest absolute Gasteiger partial charge is 0.464 e. The molecule has 0 bridgehead atoms. The molecular formula is C23H39N3O5. The van der Waals surface area contributed by atoms with Gasteiger partial charge in [-0.05, 0) is 54.6 Å². The smallest absolute Gasteiger partial charge is 0.320 e. The fourth-order valence-corrected chi connectivity index (χ4v) is 3.54. The van der Waals surface area contributed by atoms with Crippen molar-refractivity contribution in [3.63, 3.8) is 0 Å². The summed E-state index contributed by atoms with van der Waals surface area (Å²) < 4.78 is 15.9. The van der Waals surface area contributed by atoms with Gasteiger partial charge in [-0.15, -0.1) is 0 Å². The van der Waals surface area contributed by atoms with Gasteiger partial charge in [-0.25, -0.2) is 6.57 Å². The second kappa shape index (κ2) is 11.5. The van der Waals surface area contributed by atoms with E-state index in [0.717, 1.165) is 0 Å². The summed E-state index contributed by atoms with van der Waals surface area (Å²) in [6, 6.07) is 2.23. The molecule has 0 aliphatic rings. The van der Waals surface area contributed by atoms with E-state index in [1.807, 2.05) is 19.0 Å². The fourth-order valence-electron chi connectivity index (χ4n) is 3.54. The first-order chi connectivity index (χ1) is 14.1. The molecule has 31 heavy (non-hydrogen) atoms. The molecule has 0 saturated carbocycles. The van der Waals surface area contributed by atoms with Crippen LogP contribution in [0.25, 0.3) is 4.85 Å². The van der Waals surface area contributed by atoms with Gasteiger partial charge in [0.1, 0.15) is 18.6 Å². The molecule has 0 aromatic heterocycles. The minimum absolute atomic E-state index is 0.00705. The van der Waals surface area contributed by atoms with Crippen molar-refractivity contribution in [1.29, 1.82) is 5.26 Å². The summed E-state index contributed by atoms with van der Waals surface area (Å²) in [5.41, 5.74) is -4.48. The lowest BCUT2D eigenvalue weighted by atomic mass is 9.60. The van der Waals surface area contributed by atoms with Crippen LogP contribution in [0.15, 0.2) is 0 Å². The first-order valence-corrected chi connectivity index (χ1v) is 10.4. The predicted octanol–water partition coefficient (Wildman–Crippen LogP) is 3.32. The Morgan fingerprint density at radius 3 is 1.97 bits per heavy atom. The Bertz CT molecular complexity index is 705. The molecule has 0 saturated heterocycles. The highest BCUT2D eigenvalue weighted by atomic mass is 16.6. The Morgan fingerprint density at radius 2 is 1.52 bits per heavy atom. The Morgan fingerprint density at radius 1 is 0.968 bits per heavy atom. The second-order valence-corrected chi connectivity index (χ2v) is 9.98. The second-order valence-electron chi connectivity index (χ2n) is 9.98. The van der Waals surface area contributed by atoms with Crippen molar-refractivity contribution in [3.05, 3.63) is 11.4 Å². The van der Waals surface area contributed by atoms with Gasteiger partial charge >= 0.3 is 11.9 Å². The van der Waals surface area contributed by atoms with Crippen LogP contribution in [0.4, 0.5) is 0 Å². The van der Waals surface area contributed by atoms with Crippen LogP contribution >= 0.6 is 0 Å². The van der Waals surface area contributed by atoms with Gasteiger partial charge in [0.2, 0.25) is 5.54 Å². The highest BCUT2D eigenvalue weighted by molar-refractivity contribution is 5.82. The zero-order valence-electron chi connectivity index (χ0n) is 20.6. The maximum Gasteiger partial charge on any atom is 0.320 e. The van der Waals surface area contributed by atoms with Crippen LogP contribution in [0.1, 0.15) is 54.4 Å². The minimum atomic E-state index is -1.32.